The Labute approximate surface area is 286 Å². The van der Waals surface area contributed by atoms with Crippen molar-refractivity contribution in [1.29, 1.82) is 0 Å². The van der Waals surface area contributed by atoms with Crippen LogP contribution in [0.4, 0.5) is 15.3 Å². The maximum Gasteiger partial charge on any atom is 0.410 e. The van der Waals surface area contributed by atoms with E-state index in [1.54, 1.807) is 9.80 Å². The number of benzene rings is 1. The van der Waals surface area contributed by atoms with Crippen LogP contribution in [-0.4, -0.2) is 113 Å². The monoisotopic (exact) mass is 761 g/mol. The lowest BCUT2D eigenvalue weighted by Crippen LogP contribution is -2.52. The Morgan fingerprint density at radius 3 is 2.33 bits per heavy atom. The first kappa shape index (κ1) is 33.0. The van der Waals surface area contributed by atoms with Gasteiger partial charge in [-0.15, -0.1) is 0 Å². The number of carbonyl (C=O) groups is 4. The number of fused-ring (bicyclic) bond motifs is 1. The molecular formula is C33H41Br2N5O6. The first-order valence-corrected chi connectivity index (χ1v) is 17.9. The van der Waals surface area contributed by atoms with Crippen molar-refractivity contribution in [3.05, 3.63) is 50.6 Å². The topological polar surface area (TPSA) is 123 Å². The minimum absolute atomic E-state index is 0.00419. The lowest BCUT2D eigenvalue weighted by molar-refractivity contribution is -0.143. The predicted octanol–water partition coefficient (Wildman–Crippen LogP) is 5.17. The third-order valence-corrected chi connectivity index (χ3v) is 11.3. The molecule has 0 saturated carbocycles. The number of halogens is 2. The molecule has 13 heteroatoms. The zero-order valence-electron chi connectivity index (χ0n) is 25.8. The maximum atomic E-state index is 13.9. The molecule has 0 radical (unpaired) electrons. The molecule has 1 aromatic carbocycles. The van der Waals surface area contributed by atoms with Crippen LogP contribution in [0.15, 0.2) is 45.1 Å². The lowest BCUT2D eigenvalue weighted by Gasteiger charge is -2.39. The van der Waals surface area contributed by atoms with Gasteiger partial charge in [0.2, 0.25) is 0 Å². The fourth-order valence-corrected chi connectivity index (χ4v) is 8.85. The number of anilines is 1. The van der Waals surface area contributed by atoms with Gasteiger partial charge in [-0.3, -0.25) is 14.5 Å². The van der Waals surface area contributed by atoms with Crippen molar-refractivity contribution in [2.24, 2.45) is 5.92 Å². The number of aliphatic hydroxyl groups is 1. The zero-order chi connectivity index (χ0) is 32.4. The van der Waals surface area contributed by atoms with Gasteiger partial charge >= 0.3 is 12.1 Å². The quantitative estimate of drug-likeness (QED) is 0.411. The summed E-state index contributed by atoms with van der Waals surface area (Å²) in [6.45, 7) is 3.83. The number of amides is 4. The molecule has 0 bridgehead atoms. The van der Waals surface area contributed by atoms with Crippen LogP contribution in [0, 0.1) is 5.92 Å². The first-order valence-electron chi connectivity index (χ1n) is 16.3. The molecule has 0 spiro atoms. The van der Waals surface area contributed by atoms with Crippen LogP contribution in [0.2, 0.25) is 0 Å². The number of piperidine rings is 2. The van der Waals surface area contributed by atoms with Crippen LogP contribution in [0.5, 0.6) is 0 Å². The van der Waals surface area contributed by atoms with Crippen molar-refractivity contribution in [2.75, 3.05) is 51.1 Å². The zero-order valence-corrected chi connectivity index (χ0v) is 29.0. The summed E-state index contributed by atoms with van der Waals surface area (Å²) in [5.41, 5.74) is 1.96. The molecule has 4 heterocycles. The number of ether oxygens (including phenoxy) is 1. The number of carbonyl (C=O) groups excluding carboxylic acids is 4. The maximum absolute atomic E-state index is 13.9. The average Bonchev–Trinajstić information content (AvgIpc) is 3.42. The number of likely N-dealkylation sites (tertiary alicyclic amines) is 3. The Morgan fingerprint density at radius 1 is 0.935 bits per heavy atom. The highest BCUT2D eigenvalue weighted by Gasteiger charge is 2.38. The number of hydrogen-bond acceptors (Lipinski definition) is 7. The second-order valence-electron chi connectivity index (χ2n) is 12.9. The van der Waals surface area contributed by atoms with E-state index in [2.05, 4.69) is 42.1 Å². The highest BCUT2D eigenvalue weighted by molar-refractivity contribution is 9.12. The fourth-order valence-electron chi connectivity index (χ4n) is 7.34. The van der Waals surface area contributed by atoms with Crippen molar-refractivity contribution < 1.29 is 29.0 Å². The highest BCUT2D eigenvalue weighted by Crippen LogP contribution is 2.37. The van der Waals surface area contributed by atoms with Crippen LogP contribution in [0.3, 0.4) is 0 Å². The lowest BCUT2D eigenvalue weighted by atomic mass is 9.92. The summed E-state index contributed by atoms with van der Waals surface area (Å²) < 4.78 is 7.19. The number of Topliss-reactive ketones (excluding diaryl/α,β-unsaturated/α-hetero) is 1. The van der Waals surface area contributed by atoms with E-state index in [4.69, 9.17) is 4.74 Å². The minimum atomic E-state index is -0.980. The summed E-state index contributed by atoms with van der Waals surface area (Å²) in [6, 6.07) is 8.01. The number of ketones is 1. The van der Waals surface area contributed by atoms with E-state index in [1.807, 2.05) is 35.2 Å². The third-order valence-electron chi connectivity index (χ3n) is 10.00. The van der Waals surface area contributed by atoms with Crippen LogP contribution >= 0.6 is 31.9 Å². The minimum Gasteiger partial charge on any atom is -0.506 e. The molecule has 5 aliphatic rings. The smallest absolute Gasteiger partial charge is 0.410 e. The molecule has 0 aromatic heterocycles. The van der Waals surface area contributed by atoms with E-state index in [0.717, 1.165) is 37.1 Å². The van der Waals surface area contributed by atoms with Gasteiger partial charge in [0.25, 0.3) is 5.91 Å². The Morgan fingerprint density at radius 2 is 1.63 bits per heavy atom. The number of urea groups is 1. The van der Waals surface area contributed by atoms with E-state index < -0.39 is 12.2 Å². The summed E-state index contributed by atoms with van der Waals surface area (Å²) in [5, 5.41) is 13.3. The molecule has 4 amide bonds. The van der Waals surface area contributed by atoms with Gasteiger partial charge in [-0.1, -0.05) is 40.2 Å². The number of nitrogens with zero attached hydrogens (tertiary/aromatic N) is 4. The molecule has 11 nitrogen and oxygen atoms in total. The van der Waals surface area contributed by atoms with Gasteiger partial charge in [0, 0.05) is 74.4 Å². The largest absolute Gasteiger partial charge is 0.506 e. The summed E-state index contributed by atoms with van der Waals surface area (Å²) >= 11 is 6.84. The van der Waals surface area contributed by atoms with Crippen molar-refractivity contribution in [2.45, 2.75) is 69.6 Å². The van der Waals surface area contributed by atoms with E-state index in [0.29, 0.717) is 73.9 Å². The van der Waals surface area contributed by atoms with Gasteiger partial charge in [-0.25, -0.2) is 9.59 Å². The number of aliphatic hydroxyl groups excluding tert-OH is 1. The Hall–Kier alpha value is -2.90. The fraction of sp³-hybridized carbons (Fsp3) is 0.576. The van der Waals surface area contributed by atoms with E-state index in [-0.39, 0.29) is 47.9 Å². The normalized spacial score (nSPS) is 24.3. The molecule has 1 aromatic rings. The average molecular weight is 764 g/mol. The van der Waals surface area contributed by atoms with Crippen LogP contribution in [0.1, 0.15) is 50.5 Å². The SMILES string of the molecule is O=C1CCN(C2CCN(C(=O)[C@@H](CC3C=C(Br)C(O)=C(Br)C3)OC(=O)N3CCC(N4CCc5ccccc5NC4=O)CC3)CC2)C1. The standard InChI is InChI=1S/C33H41Br2N5O6/c34-26-17-21(18-27(35)30(26)42)19-29(31(43)37-11-6-23(7-12-37)39-15-10-25(41)20-39)46-33(45)38-13-8-24(9-14-38)40-16-5-22-3-1-2-4-28(22)36-32(40)44/h1-4,17,21,23-24,29,42H,5-16,18-20H2,(H,36,44)/t21?,29-/m1/s1. The van der Waals surface area contributed by atoms with Crippen molar-refractivity contribution in [1.82, 2.24) is 19.6 Å². The van der Waals surface area contributed by atoms with Gasteiger partial charge in [-0.2, -0.15) is 0 Å². The van der Waals surface area contributed by atoms with Crippen LogP contribution < -0.4 is 5.32 Å². The molecule has 6 rings (SSSR count). The van der Waals surface area contributed by atoms with Crippen molar-refractivity contribution >= 4 is 61.4 Å². The Kier molecular flexibility index (Phi) is 10.4. The number of rotatable bonds is 6. The van der Waals surface area contributed by atoms with E-state index in [1.165, 1.54) is 0 Å². The first-order chi connectivity index (χ1) is 22.2. The molecule has 46 heavy (non-hydrogen) atoms. The number of allylic oxidation sites excluding steroid dienone is 3. The summed E-state index contributed by atoms with van der Waals surface area (Å²) in [7, 11) is 0. The third kappa shape index (κ3) is 7.46. The second-order valence-corrected chi connectivity index (χ2v) is 14.7. The molecule has 1 unspecified atom stereocenters. The molecule has 2 N–H and O–H groups in total. The molecule has 3 saturated heterocycles. The molecule has 3 fully saturated rings. The van der Waals surface area contributed by atoms with Gasteiger partial charge in [-0.05, 0) is 72.0 Å². The Balaban J connectivity index is 1.07. The molecule has 248 valence electrons. The summed E-state index contributed by atoms with van der Waals surface area (Å²) in [5.74, 6) is 0.0570. The van der Waals surface area contributed by atoms with Gasteiger partial charge < -0.3 is 29.9 Å². The predicted molar refractivity (Wildman–Crippen MR) is 180 cm³/mol. The second kappa shape index (κ2) is 14.5. The number of hydrogen-bond donors (Lipinski definition) is 2. The van der Waals surface area contributed by atoms with E-state index in [9.17, 15) is 24.3 Å². The van der Waals surface area contributed by atoms with Crippen LogP contribution in [0.25, 0.3) is 0 Å². The van der Waals surface area contributed by atoms with Crippen molar-refractivity contribution in [3.8, 4) is 0 Å². The van der Waals surface area contributed by atoms with Crippen molar-refractivity contribution in [3.63, 3.8) is 0 Å². The number of para-hydroxylation sites is 1. The molecule has 2 atom stereocenters. The van der Waals surface area contributed by atoms with Crippen LogP contribution in [-0.2, 0) is 20.7 Å². The molecular weight excluding hydrogens is 722 g/mol. The summed E-state index contributed by atoms with van der Waals surface area (Å²) in [4.78, 5) is 59.9. The van der Waals surface area contributed by atoms with E-state index >= 15 is 0 Å². The number of nitrogens with one attached hydrogen (secondary N) is 1. The summed E-state index contributed by atoms with van der Waals surface area (Å²) in [6.07, 6.45) is 5.30. The van der Waals surface area contributed by atoms with Gasteiger partial charge in [0.15, 0.2) is 6.10 Å². The van der Waals surface area contributed by atoms with Gasteiger partial charge in [0.05, 0.1) is 11.0 Å². The Bertz CT molecular complexity index is 1420. The highest BCUT2D eigenvalue weighted by atomic mass is 79.9. The molecule has 4 aliphatic heterocycles. The van der Waals surface area contributed by atoms with Gasteiger partial charge in [0.1, 0.15) is 11.5 Å². The molecule has 1 aliphatic carbocycles.